The van der Waals surface area contributed by atoms with Gasteiger partial charge in [0.15, 0.2) is 0 Å². The van der Waals surface area contributed by atoms with Gasteiger partial charge in [-0.2, -0.15) is 0 Å². The van der Waals surface area contributed by atoms with Crippen LogP contribution in [0.3, 0.4) is 0 Å². The monoisotopic (exact) mass is 154 g/mol. The number of halogens is 1. The van der Waals surface area contributed by atoms with Crippen molar-refractivity contribution in [2.45, 2.75) is 38.8 Å². The predicted molar refractivity (Wildman–Crippen MR) is 44.1 cm³/mol. The summed E-state index contributed by atoms with van der Waals surface area (Å²) in [6, 6.07) is 0. The van der Waals surface area contributed by atoms with Gasteiger partial charge in [0.1, 0.15) is 5.67 Å². The molecule has 1 spiro atoms. The van der Waals surface area contributed by atoms with E-state index in [1.54, 1.807) is 6.92 Å². The molecule has 0 saturated heterocycles. The van der Waals surface area contributed by atoms with Gasteiger partial charge < -0.3 is 0 Å². The second kappa shape index (κ2) is 1.70. The van der Waals surface area contributed by atoms with Crippen LogP contribution in [0.4, 0.5) is 4.39 Å². The Bertz CT molecular complexity index is 209. The third kappa shape index (κ3) is 0.800. The second-order valence-corrected chi connectivity index (χ2v) is 4.61. The van der Waals surface area contributed by atoms with Crippen molar-refractivity contribution >= 4 is 0 Å². The molecule has 0 aliphatic heterocycles. The highest BCUT2D eigenvalue weighted by Crippen LogP contribution is 2.72. The topological polar surface area (TPSA) is 0 Å². The van der Waals surface area contributed by atoms with E-state index < -0.39 is 5.67 Å². The van der Waals surface area contributed by atoms with Crippen LogP contribution in [-0.4, -0.2) is 5.67 Å². The molecule has 1 unspecified atom stereocenters. The number of allylic oxidation sites excluding steroid dienone is 1. The quantitative estimate of drug-likeness (QED) is 0.509. The Labute approximate surface area is 67.5 Å². The molecule has 62 valence electrons. The molecule has 0 bridgehead atoms. The van der Waals surface area contributed by atoms with Crippen LogP contribution in [0, 0.1) is 11.3 Å². The van der Waals surface area contributed by atoms with Gasteiger partial charge >= 0.3 is 0 Å². The lowest BCUT2D eigenvalue weighted by molar-refractivity contribution is 0.117. The number of alkyl halides is 1. The number of hydrogen-bond acceptors (Lipinski definition) is 0. The van der Waals surface area contributed by atoms with Crippen LogP contribution in [0.1, 0.15) is 33.1 Å². The molecule has 0 radical (unpaired) electrons. The molecule has 11 heavy (non-hydrogen) atoms. The summed E-state index contributed by atoms with van der Waals surface area (Å²) in [5, 5.41) is 0. The van der Waals surface area contributed by atoms with Gasteiger partial charge in [-0.3, -0.25) is 0 Å². The van der Waals surface area contributed by atoms with Gasteiger partial charge in [0.25, 0.3) is 0 Å². The Morgan fingerprint density at radius 1 is 1.55 bits per heavy atom. The molecule has 0 nitrogen and oxygen atoms in total. The molecule has 0 amide bonds. The van der Waals surface area contributed by atoms with Crippen LogP contribution < -0.4 is 0 Å². The van der Waals surface area contributed by atoms with E-state index in [2.05, 4.69) is 13.5 Å². The van der Waals surface area contributed by atoms with E-state index in [1.165, 1.54) is 5.57 Å². The summed E-state index contributed by atoms with van der Waals surface area (Å²) in [5.41, 5.74) is 0.494. The fourth-order valence-electron chi connectivity index (χ4n) is 2.39. The van der Waals surface area contributed by atoms with Gasteiger partial charge in [-0.05, 0) is 39.0 Å². The van der Waals surface area contributed by atoms with Crippen molar-refractivity contribution in [2.24, 2.45) is 11.3 Å². The summed E-state index contributed by atoms with van der Waals surface area (Å²) in [4.78, 5) is 0. The van der Waals surface area contributed by atoms with Crippen molar-refractivity contribution < 1.29 is 4.39 Å². The average molecular weight is 154 g/mol. The lowest BCUT2D eigenvalue weighted by Gasteiger charge is -2.37. The Balaban J connectivity index is 1.95. The third-order valence-electron chi connectivity index (χ3n) is 3.62. The van der Waals surface area contributed by atoms with Gasteiger partial charge in [0.05, 0.1) is 0 Å². The summed E-state index contributed by atoms with van der Waals surface area (Å²) >= 11 is 0. The van der Waals surface area contributed by atoms with E-state index in [-0.39, 0.29) is 5.41 Å². The third-order valence-corrected chi connectivity index (χ3v) is 3.62. The summed E-state index contributed by atoms with van der Waals surface area (Å²) in [6.07, 6.45) is 2.90. The molecule has 2 aliphatic rings. The van der Waals surface area contributed by atoms with Crippen LogP contribution in [0.2, 0.25) is 0 Å². The van der Waals surface area contributed by atoms with Crippen LogP contribution in [0.15, 0.2) is 12.2 Å². The lowest BCUT2D eigenvalue weighted by Crippen LogP contribution is -2.31. The molecular weight excluding hydrogens is 139 g/mol. The predicted octanol–water partition coefficient (Wildman–Crippen LogP) is 3.09. The highest BCUT2D eigenvalue weighted by molar-refractivity contribution is 5.24. The molecule has 1 heteroatoms. The summed E-state index contributed by atoms with van der Waals surface area (Å²) in [5.74, 6) is 0.618. The van der Waals surface area contributed by atoms with Gasteiger partial charge in [0, 0.05) is 5.41 Å². The molecule has 0 aromatic heterocycles. The van der Waals surface area contributed by atoms with Crippen LogP contribution in [-0.2, 0) is 0 Å². The summed E-state index contributed by atoms with van der Waals surface area (Å²) in [6.45, 7) is 7.68. The molecule has 2 rings (SSSR count). The maximum absolute atomic E-state index is 13.3. The largest absolute Gasteiger partial charge is 0.244 e. The Hall–Kier alpha value is -0.330. The van der Waals surface area contributed by atoms with Gasteiger partial charge in [0.2, 0.25) is 0 Å². The van der Waals surface area contributed by atoms with Crippen molar-refractivity contribution in [3.63, 3.8) is 0 Å². The van der Waals surface area contributed by atoms with Crippen molar-refractivity contribution in [2.75, 3.05) is 0 Å². The first-order valence-electron chi connectivity index (χ1n) is 4.31. The standard InChI is InChI=1S/C10H15F/c1-7(2)8-4-10(5-8)6-9(10,3)11/h8H,1,4-6H2,2-3H3. The minimum absolute atomic E-state index is 0.0939. The fourth-order valence-corrected chi connectivity index (χ4v) is 2.39. The zero-order valence-electron chi connectivity index (χ0n) is 7.28. The molecular formula is C10H15F. The zero-order chi connectivity index (χ0) is 8.28. The molecule has 0 aromatic rings. The van der Waals surface area contributed by atoms with Crippen LogP contribution in [0.25, 0.3) is 0 Å². The van der Waals surface area contributed by atoms with Crippen molar-refractivity contribution in [1.29, 1.82) is 0 Å². The van der Waals surface area contributed by atoms with Crippen LogP contribution in [0.5, 0.6) is 0 Å². The van der Waals surface area contributed by atoms with Crippen molar-refractivity contribution in [1.82, 2.24) is 0 Å². The normalized spacial score (nSPS) is 53.9. The molecule has 2 saturated carbocycles. The Kier molecular flexibility index (Phi) is 1.13. The number of rotatable bonds is 1. The average Bonchev–Trinajstić information content (AvgIpc) is 2.29. The Morgan fingerprint density at radius 2 is 2.00 bits per heavy atom. The van der Waals surface area contributed by atoms with Crippen molar-refractivity contribution in [3.8, 4) is 0 Å². The second-order valence-electron chi connectivity index (χ2n) is 4.61. The molecule has 1 atom stereocenters. The smallest absolute Gasteiger partial charge is 0.114 e. The van der Waals surface area contributed by atoms with E-state index in [4.69, 9.17) is 0 Å². The van der Waals surface area contributed by atoms with E-state index in [9.17, 15) is 4.39 Å². The van der Waals surface area contributed by atoms with E-state index in [0.29, 0.717) is 5.92 Å². The molecule has 0 N–H and O–H groups in total. The minimum atomic E-state index is -0.834. The maximum atomic E-state index is 13.3. The minimum Gasteiger partial charge on any atom is -0.244 e. The molecule has 2 aliphatic carbocycles. The van der Waals surface area contributed by atoms with E-state index in [0.717, 1.165) is 19.3 Å². The zero-order valence-corrected chi connectivity index (χ0v) is 7.28. The summed E-state index contributed by atoms with van der Waals surface area (Å²) < 4.78 is 13.3. The van der Waals surface area contributed by atoms with Crippen LogP contribution >= 0.6 is 0 Å². The van der Waals surface area contributed by atoms with E-state index in [1.807, 2.05) is 0 Å². The van der Waals surface area contributed by atoms with Crippen molar-refractivity contribution in [3.05, 3.63) is 12.2 Å². The Morgan fingerprint density at radius 3 is 2.27 bits per heavy atom. The van der Waals surface area contributed by atoms with Gasteiger partial charge in [-0.15, -0.1) is 0 Å². The highest BCUT2D eigenvalue weighted by atomic mass is 19.1. The SMILES string of the molecule is C=C(C)C1CC2(C1)CC2(C)F. The molecule has 0 aromatic carbocycles. The first-order chi connectivity index (χ1) is 4.97. The van der Waals surface area contributed by atoms with Gasteiger partial charge in [-0.1, -0.05) is 12.2 Å². The number of hydrogen-bond donors (Lipinski definition) is 0. The highest BCUT2D eigenvalue weighted by Gasteiger charge is 2.70. The first-order valence-corrected chi connectivity index (χ1v) is 4.31. The lowest BCUT2D eigenvalue weighted by atomic mass is 9.67. The fraction of sp³-hybridized carbons (Fsp3) is 0.800. The summed E-state index contributed by atoms with van der Waals surface area (Å²) in [7, 11) is 0. The molecule has 2 fully saturated rings. The maximum Gasteiger partial charge on any atom is 0.114 e. The first kappa shape index (κ1) is 7.33. The molecule has 0 heterocycles. The van der Waals surface area contributed by atoms with E-state index >= 15 is 0 Å². The van der Waals surface area contributed by atoms with Gasteiger partial charge in [-0.25, -0.2) is 4.39 Å².